The Labute approximate surface area is 149 Å². The van der Waals surface area contributed by atoms with E-state index in [0.29, 0.717) is 31.4 Å². The average molecular weight is 357 g/mol. The van der Waals surface area contributed by atoms with Crippen LogP contribution in [0.25, 0.3) is 0 Å². The summed E-state index contributed by atoms with van der Waals surface area (Å²) in [5.41, 5.74) is -0.0585. The highest BCUT2D eigenvalue weighted by Crippen LogP contribution is 2.24. The van der Waals surface area contributed by atoms with Gasteiger partial charge in [0, 0.05) is 6.04 Å². The predicted molar refractivity (Wildman–Crippen MR) is 90.8 cm³/mol. The molecule has 1 saturated carbocycles. The largest absolute Gasteiger partial charge is 0.481 e. The fourth-order valence-corrected chi connectivity index (χ4v) is 3.01. The lowest BCUT2D eigenvalue weighted by Gasteiger charge is -2.26. The van der Waals surface area contributed by atoms with Crippen molar-refractivity contribution in [2.45, 2.75) is 31.7 Å². The van der Waals surface area contributed by atoms with Crippen molar-refractivity contribution in [3.63, 3.8) is 0 Å². The second kappa shape index (κ2) is 7.81. The number of carbonyl (C=O) groups excluding carboxylic acids is 2. The van der Waals surface area contributed by atoms with Crippen molar-refractivity contribution in [2.75, 3.05) is 0 Å². The zero-order valence-corrected chi connectivity index (χ0v) is 14.0. The molecule has 8 nitrogen and oxygen atoms in total. The van der Waals surface area contributed by atoms with Crippen molar-refractivity contribution < 1.29 is 24.2 Å². The van der Waals surface area contributed by atoms with Crippen LogP contribution < -0.4 is 10.1 Å². The highest BCUT2D eigenvalue weighted by molar-refractivity contribution is 6.03. The van der Waals surface area contributed by atoms with Crippen molar-refractivity contribution in [3.8, 4) is 5.75 Å². The maximum atomic E-state index is 12.5. The van der Waals surface area contributed by atoms with Crippen LogP contribution in [0.2, 0.25) is 0 Å². The standard InChI is InChI=1S/C18H19N3O5/c22-16(21-12-8-6-11(7-9-12)17(23)24)14-15(20-10-19-14)18(25)26-13-4-2-1-3-5-13/h1-5,10-12H,6-9H2,(H,19,20)(H,21,22)(H,23,24)/t11-,12-. The number of carbonyl (C=O) groups is 3. The van der Waals surface area contributed by atoms with Crippen LogP contribution in [0.15, 0.2) is 36.7 Å². The van der Waals surface area contributed by atoms with Gasteiger partial charge in [-0.25, -0.2) is 9.78 Å². The first-order valence-electron chi connectivity index (χ1n) is 8.39. The zero-order valence-electron chi connectivity index (χ0n) is 14.0. The van der Waals surface area contributed by atoms with Gasteiger partial charge in [0.2, 0.25) is 0 Å². The van der Waals surface area contributed by atoms with Gasteiger partial charge in [0.1, 0.15) is 11.4 Å². The van der Waals surface area contributed by atoms with Crippen LogP contribution in [0.1, 0.15) is 46.7 Å². The molecule has 0 radical (unpaired) electrons. The quantitative estimate of drug-likeness (QED) is 0.556. The summed E-state index contributed by atoms with van der Waals surface area (Å²) in [6.45, 7) is 0. The summed E-state index contributed by atoms with van der Waals surface area (Å²) >= 11 is 0. The third-order valence-corrected chi connectivity index (χ3v) is 4.43. The Morgan fingerprint density at radius 2 is 1.81 bits per heavy atom. The maximum Gasteiger partial charge on any atom is 0.364 e. The molecule has 136 valence electrons. The summed E-state index contributed by atoms with van der Waals surface area (Å²) in [5.74, 6) is -1.97. The number of para-hydroxylation sites is 1. The van der Waals surface area contributed by atoms with Gasteiger partial charge in [0.15, 0.2) is 5.69 Å². The van der Waals surface area contributed by atoms with Crippen LogP contribution >= 0.6 is 0 Å². The molecule has 0 bridgehead atoms. The number of nitrogens with one attached hydrogen (secondary N) is 2. The molecule has 0 unspecified atom stereocenters. The molecular weight excluding hydrogens is 338 g/mol. The van der Waals surface area contributed by atoms with E-state index in [0.717, 1.165) is 0 Å². The monoisotopic (exact) mass is 357 g/mol. The Morgan fingerprint density at radius 1 is 1.12 bits per heavy atom. The van der Waals surface area contributed by atoms with Crippen LogP contribution in [-0.2, 0) is 4.79 Å². The summed E-state index contributed by atoms with van der Waals surface area (Å²) in [7, 11) is 0. The number of ether oxygens (including phenoxy) is 1. The van der Waals surface area contributed by atoms with Gasteiger partial charge in [0.05, 0.1) is 12.2 Å². The van der Waals surface area contributed by atoms with Crippen molar-refractivity contribution in [1.82, 2.24) is 15.3 Å². The predicted octanol–water partition coefficient (Wildman–Crippen LogP) is 2.00. The van der Waals surface area contributed by atoms with Gasteiger partial charge in [-0.05, 0) is 37.8 Å². The maximum absolute atomic E-state index is 12.5. The number of nitrogens with zero attached hydrogens (tertiary/aromatic N) is 1. The second-order valence-corrected chi connectivity index (χ2v) is 6.19. The van der Waals surface area contributed by atoms with E-state index in [1.807, 2.05) is 0 Å². The van der Waals surface area contributed by atoms with E-state index < -0.39 is 17.8 Å². The molecule has 1 aromatic heterocycles. The van der Waals surface area contributed by atoms with Gasteiger partial charge in [-0.1, -0.05) is 18.2 Å². The first-order chi connectivity index (χ1) is 12.5. The lowest BCUT2D eigenvalue weighted by molar-refractivity contribution is -0.142. The Balaban J connectivity index is 1.62. The van der Waals surface area contributed by atoms with Gasteiger partial charge < -0.3 is 20.1 Å². The van der Waals surface area contributed by atoms with Crippen LogP contribution in [0.5, 0.6) is 5.75 Å². The van der Waals surface area contributed by atoms with Gasteiger partial charge in [-0.3, -0.25) is 9.59 Å². The molecule has 3 rings (SSSR count). The van der Waals surface area contributed by atoms with Gasteiger partial charge in [-0.2, -0.15) is 0 Å². The van der Waals surface area contributed by atoms with Crippen molar-refractivity contribution >= 4 is 17.8 Å². The number of hydrogen-bond acceptors (Lipinski definition) is 5. The Morgan fingerprint density at radius 3 is 2.46 bits per heavy atom. The molecule has 1 amide bonds. The number of carboxylic acids is 1. The Kier molecular flexibility index (Phi) is 5.31. The molecule has 0 atom stereocenters. The molecular formula is C18H19N3O5. The second-order valence-electron chi connectivity index (χ2n) is 6.19. The van der Waals surface area contributed by atoms with E-state index in [4.69, 9.17) is 9.84 Å². The van der Waals surface area contributed by atoms with Crippen molar-refractivity contribution in [3.05, 3.63) is 48.0 Å². The minimum absolute atomic E-state index is 0.0336. The number of H-pyrrole nitrogens is 1. The molecule has 2 aromatic rings. The summed E-state index contributed by atoms with van der Waals surface area (Å²) in [6.07, 6.45) is 3.47. The van der Waals surface area contributed by atoms with Gasteiger partial charge in [-0.15, -0.1) is 0 Å². The minimum atomic E-state index is -0.797. The number of aromatic nitrogens is 2. The number of benzene rings is 1. The Bertz CT molecular complexity index is 794. The molecule has 1 aliphatic carbocycles. The van der Waals surface area contributed by atoms with Crippen LogP contribution in [0, 0.1) is 5.92 Å². The molecule has 0 aliphatic heterocycles. The summed E-state index contributed by atoms with van der Waals surface area (Å²) in [6, 6.07) is 8.39. The minimum Gasteiger partial charge on any atom is -0.481 e. The fourth-order valence-electron chi connectivity index (χ4n) is 3.01. The van der Waals surface area contributed by atoms with E-state index in [9.17, 15) is 14.4 Å². The molecule has 26 heavy (non-hydrogen) atoms. The number of imidazole rings is 1. The SMILES string of the molecule is O=C(Oc1ccccc1)c1nc[nH]c1C(=O)N[C@H]1CC[C@H](C(=O)O)CC1. The molecule has 0 saturated heterocycles. The number of amides is 1. The molecule has 8 heteroatoms. The number of rotatable bonds is 5. The van der Waals surface area contributed by atoms with Crippen molar-refractivity contribution in [2.24, 2.45) is 5.92 Å². The highest BCUT2D eigenvalue weighted by atomic mass is 16.5. The van der Waals surface area contributed by atoms with Crippen molar-refractivity contribution in [1.29, 1.82) is 0 Å². The van der Waals surface area contributed by atoms with E-state index in [1.54, 1.807) is 30.3 Å². The first kappa shape index (κ1) is 17.7. The Hall–Kier alpha value is -3.16. The number of aromatic amines is 1. The third-order valence-electron chi connectivity index (χ3n) is 4.43. The van der Waals surface area contributed by atoms with Crippen LogP contribution in [0.3, 0.4) is 0 Å². The van der Waals surface area contributed by atoms with Gasteiger partial charge in [0.25, 0.3) is 5.91 Å². The van der Waals surface area contributed by atoms with Crippen LogP contribution in [0.4, 0.5) is 0 Å². The topological polar surface area (TPSA) is 121 Å². The molecule has 1 aliphatic rings. The van der Waals surface area contributed by atoms with E-state index in [-0.39, 0.29) is 23.3 Å². The molecule has 1 heterocycles. The van der Waals surface area contributed by atoms with E-state index in [2.05, 4.69) is 15.3 Å². The summed E-state index contributed by atoms with van der Waals surface area (Å²) in [4.78, 5) is 42.3. The van der Waals surface area contributed by atoms with E-state index in [1.165, 1.54) is 6.33 Å². The molecule has 3 N–H and O–H groups in total. The summed E-state index contributed by atoms with van der Waals surface area (Å²) in [5, 5.41) is 11.9. The van der Waals surface area contributed by atoms with Crippen LogP contribution in [-0.4, -0.2) is 39.0 Å². The molecule has 1 fully saturated rings. The number of carboxylic acid groups (broad SMARTS) is 1. The zero-order chi connectivity index (χ0) is 18.5. The fraction of sp³-hybridized carbons (Fsp3) is 0.333. The number of aliphatic carboxylic acids is 1. The smallest absolute Gasteiger partial charge is 0.364 e. The third kappa shape index (κ3) is 4.08. The molecule has 1 aromatic carbocycles. The number of hydrogen-bond donors (Lipinski definition) is 3. The molecule has 0 spiro atoms. The van der Waals surface area contributed by atoms with E-state index >= 15 is 0 Å². The lowest BCUT2D eigenvalue weighted by atomic mass is 9.86. The normalized spacial score (nSPS) is 19.5. The number of esters is 1. The average Bonchev–Trinajstić information content (AvgIpc) is 3.13. The van der Waals surface area contributed by atoms with Gasteiger partial charge >= 0.3 is 11.9 Å². The highest BCUT2D eigenvalue weighted by Gasteiger charge is 2.29. The summed E-state index contributed by atoms with van der Waals surface area (Å²) < 4.78 is 5.21. The lowest BCUT2D eigenvalue weighted by Crippen LogP contribution is -2.39. The first-order valence-corrected chi connectivity index (χ1v) is 8.39.